The van der Waals surface area contributed by atoms with Crippen LogP contribution in [0.1, 0.15) is 23.7 Å². The van der Waals surface area contributed by atoms with Crippen molar-refractivity contribution in [3.8, 4) is 11.8 Å². The Bertz CT molecular complexity index is 1580. The second-order valence-corrected chi connectivity index (χ2v) is 8.48. The Morgan fingerprint density at radius 1 is 1.33 bits per heavy atom. The van der Waals surface area contributed by atoms with Crippen molar-refractivity contribution >= 4 is 33.7 Å². The van der Waals surface area contributed by atoms with E-state index < -0.39 is 17.2 Å². The van der Waals surface area contributed by atoms with Crippen LogP contribution in [0.3, 0.4) is 0 Å². The van der Waals surface area contributed by atoms with Gasteiger partial charge in [0.25, 0.3) is 0 Å². The van der Waals surface area contributed by atoms with E-state index in [2.05, 4.69) is 38.6 Å². The summed E-state index contributed by atoms with van der Waals surface area (Å²) in [7, 11) is 3.18. The van der Waals surface area contributed by atoms with Crippen molar-refractivity contribution in [1.29, 1.82) is 0 Å². The number of carbonyl (C=O) groups excluding carboxylic acids is 1. The average molecular weight is 492 g/mol. The standard InChI is InChI=1S/C24H22F2N8O2/c1-4-20(35)33-9-13(7-14(33)11-36-3)34-24-21(23(27)28-12-29-24)18(31-34)6-5-15-17(25)8-19-16(22(15)26)10-32(2)30-19/h4,8,10,12-14H,1,7,9,11H2,2-3H3,(H2,27,28,29)/t13-,14+/m0/s1. The molecule has 0 saturated carbocycles. The fraction of sp³-hybridized carbons (Fsp3) is 0.292. The highest BCUT2D eigenvalue weighted by Crippen LogP contribution is 2.32. The van der Waals surface area contributed by atoms with Gasteiger partial charge in [0, 0.05) is 33.0 Å². The summed E-state index contributed by atoms with van der Waals surface area (Å²) in [5.74, 6) is 3.58. The van der Waals surface area contributed by atoms with Gasteiger partial charge in [0.2, 0.25) is 5.91 Å². The first kappa shape index (κ1) is 23.4. The molecule has 12 heteroatoms. The zero-order valence-corrected chi connectivity index (χ0v) is 19.6. The molecular formula is C24H22F2N8O2. The number of ether oxygens (including phenoxy) is 1. The quantitative estimate of drug-likeness (QED) is 0.342. The normalized spacial score (nSPS) is 17.5. The molecule has 1 saturated heterocycles. The predicted molar refractivity (Wildman–Crippen MR) is 128 cm³/mol. The lowest BCUT2D eigenvalue weighted by molar-refractivity contribution is -0.127. The van der Waals surface area contributed by atoms with Crippen LogP contribution in [0.5, 0.6) is 0 Å². The Morgan fingerprint density at radius 3 is 2.89 bits per heavy atom. The molecule has 1 aromatic carbocycles. The van der Waals surface area contributed by atoms with Crippen LogP contribution in [0.25, 0.3) is 21.9 Å². The highest BCUT2D eigenvalue weighted by molar-refractivity contribution is 5.91. The summed E-state index contributed by atoms with van der Waals surface area (Å²) >= 11 is 0. The maximum atomic E-state index is 15.0. The van der Waals surface area contributed by atoms with Crippen molar-refractivity contribution in [3.05, 3.63) is 54.1 Å². The van der Waals surface area contributed by atoms with E-state index in [4.69, 9.17) is 10.5 Å². The molecule has 2 N–H and O–H groups in total. The Labute approximate surface area is 204 Å². The number of carbonyl (C=O) groups is 1. The van der Waals surface area contributed by atoms with Gasteiger partial charge in [0.15, 0.2) is 11.5 Å². The Hall–Kier alpha value is -4.37. The number of rotatable bonds is 4. The number of nitrogens with zero attached hydrogens (tertiary/aromatic N) is 7. The van der Waals surface area contributed by atoms with Gasteiger partial charge in [-0.05, 0) is 18.4 Å². The van der Waals surface area contributed by atoms with Crippen LogP contribution in [0.4, 0.5) is 14.6 Å². The number of nitrogens with two attached hydrogens (primary N) is 1. The molecule has 4 heterocycles. The molecule has 1 fully saturated rings. The summed E-state index contributed by atoms with van der Waals surface area (Å²) in [6.45, 7) is 4.26. The summed E-state index contributed by atoms with van der Waals surface area (Å²) in [5, 5.41) is 9.14. The number of benzene rings is 1. The first-order valence-corrected chi connectivity index (χ1v) is 11.1. The molecule has 36 heavy (non-hydrogen) atoms. The summed E-state index contributed by atoms with van der Waals surface area (Å²) in [5.41, 5.74) is 6.48. The van der Waals surface area contributed by atoms with Crippen LogP contribution in [0.15, 0.2) is 31.2 Å². The minimum absolute atomic E-state index is 0.129. The summed E-state index contributed by atoms with van der Waals surface area (Å²) in [6, 6.07) is 0.686. The van der Waals surface area contributed by atoms with Gasteiger partial charge in [-0.25, -0.2) is 23.4 Å². The molecule has 3 aromatic heterocycles. The van der Waals surface area contributed by atoms with E-state index in [1.807, 2.05) is 0 Å². The molecule has 4 aromatic rings. The summed E-state index contributed by atoms with van der Waals surface area (Å²) < 4.78 is 38.0. The number of amides is 1. The van der Waals surface area contributed by atoms with E-state index in [1.54, 1.807) is 23.7 Å². The van der Waals surface area contributed by atoms with Crippen LogP contribution in [0, 0.1) is 23.5 Å². The van der Waals surface area contributed by atoms with E-state index in [1.165, 1.54) is 23.3 Å². The van der Waals surface area contributed by atoms with Gasteiger partial charge in [0.1, 0.15) is 23.7 Å². The minimum Gasteiger partial charge on any atom is -0.383 e. The second kappa shape index (κ2) is 9.01. The number of aryl methyl sites for hydroxylation is 1. The maximum absolute atomic E-state index is 15.0. The van der Waals surface area contributed by atoms with E-state index in [0.29, 0.717) is 30.6 Å². The van der Waals surface area contributed by atoms with Gasteiger partial charge < -0.3 is 15.4 Å². The number of hydrogen-bond acceptors (Lipinski definition) is 7. The van der Waals surface area contributed by atoms with E-state index in [-0.39, 0.29) is 40.4 Å². The van der Waals surface area contributed by atoms with Crippen LogP contribution < -0.4 is 5.73 Å². The smallest absolute Gasteiger partial charge is 0.246 e. The van der Waals surface area contributed by atoms with Crippen molar-refractivity contribution in [2.24, 2.45) is 7.05 Å². The highest BCUT2D eigenvalue weighted by Gasteiger charge is 2.37. The molecule has 184 valence electrons. The molecule has 1 aliphatic heterocycles. The topological polar surface area (TPSA) is 117 Å². The first-order chi connectivity index (χ1) is 17.3. The third-order valence-electron chi connectivity index (χ3n) is 6.19. The van der Waals surface area contributed by atoms with Crippen molar-refractivity contribution in [1.82, 2.24) is 34.4 Å². The summed E-state index contributed by atoms with van der Waals surface area (Å²) in [6.07, 6.45) is 4.56. The van der Waals surface area contributed by atoms with Crippen LogP contribution in [-0.2, 0) is 16.6 Å². The predicted octanol–water partition coefficient (Wildman–Crippen LogP) is 1.95. The largest absolute Gasteiger partial charge is 0.383 e. The Kier molecular flexibility index (Phi) is 5.85. The van der Waals surface area contributed by atoms with Gasteiger partial charge in [-0.1, -0.05) is 12.5 Å². The Morgan fingerprint density at radius 2 is 2.14 bits per heavy atom. The lowest BCUT2D eigenvalue weighted by Crippen LogP contribution is -2.37. The molecule has 0 bridgehead atoms. The monoisotopic (exact) mass is 492 g/mol. The zero-order chi connectivity index (χ0) is 25.6. The fourth-order valence-corrected chi connectivity index (χ4v) is 4.59. The number of aromatic nitrogens is 6. The van der Waals surface area contributed by atoms with Gasteiger partial charge in [0.05, 0.1) is 40.5 Å². The second-order valence-electron chi connectivity index (χ2n) is 8.48. The number of halogens is 2. The van der Waals surface area contributed by atoms with E-state index >= 15 is 4.39 Å². The minimum atomic E-state index is -0.837. The fourth-order valence-electron chi connectivity index (χ4n) is 4.59. The maximum Gasteiger partial charge on any atom is 0.246 e. The zero-order valence-electron chi connectivity index (χ0n) is 19.6. The lowest BCUT2D eigenvalue weighted by Gasteiger charge is -2.22. The number of hydrogen-bond donors (Lipinski definition) is 1. The molecule has 2 atom stereocenters. The lowest BCUT2D eigenvalue weighted by atomic mass is 10.1. The molecule has 5 rings (SSSR count). The van der Waals surface area contributed by atoms with Gasteiger partial charge in [-0.15, -0.1) is 0 Å². The van der Waals surface area contributed by atoms with Crippen LogP contribution >= 0.6 is 0 Å². The van der Waals surface area contributed by atoms with E-state index in [9.17, 15) is 9.18 Å². The molecular weight excluding hydrogens is 470 g/mol. The van der Waals surface area contributed by atoms with Gasteiger partial charge in [-0.2, -0.15) is 10.2 Å². The molecule has 0 radical (unpaired) electrons. The molecule has 0 aliphatic carbocycles. The van der Waals surface area contributed by atoms with Crippen LogP contribution in [0.2, 0.25) is 0 Å². The summed E-state index contributed by atoms with van der Waals surface area (Å²) in [4.78, 5) is 22.4. The SMILES string of the molecule is C=CC(=O)N1C[C@@H](n2nc(C#Cc3c(F)cc4nn(C)cc4c3F)c3c(N)ncnc32)C[C@@H]1COC. The van der Waals surface area contributed by atoms with Gasteiger partial charge >= 0.3 is 0 Å². The third-order valence-corrected chi connectivity index (χ3v) is 6.19. The van der Waals surface area contributed by atoms with Crippen molar-refractivity contribution in [3.63, 3.8) is 0 Å². The number of fused-ring (bicyclic) bond motifs is 2. The first-order valence-electron chi connectivity index (χ1n) is 11.1. The van der Waals surface area contributed by atoms with Crippen molar-refractivity contribution in [2.45, 2.75) is 18.5 Å². The third kappa shape index (κ3) is 3.83. The van der Waals surface area contributed by atoms with Crippen molar-refractivity contribution in [2.75, 3.05) is 26.0 Å². The molecule has 10 nitrogen and oxygen atoms in total. The number of likely N-dealkylation sites (tertiary alicyclic amines) is 1. The number of anilines is 1. The van der Waals surface area contributed by atoms with Crippen molar-refractivity contribution < 1.29 is 18.3 Å². The molecule has 1 aliphatic rings. The average Bonchev–Trinajstić information content (AvgIpc) is 3.54. The Balaban J connectivity index is 1.59. The number of methoxy groups -OCH3 is 1. The van der Waals surface area contributed by atoms with Crippen LogP contribution in [-0.4, -0.2) is 66.6 Å². The van der Waals surface area contributed by atoms with Gasteiger partial charge in [-0.3, -0.25) is 9.48 Å². The highest BCUT2D eigenvalue weighted by atomic mass is 19.1. The molecule has 0 unspecified atom stereocenters. The van der Waals surface area contributed by atoms with E-state index in [0.717, 1.165) is 6.07 Å². The molecule has 0 spiro atoms. The number of nitrogen functional groups attached to an aromatic ring is 1. The molecule has 1 amide bonds.